The SMILES string of the molecule is [2H][C@]1(C)CN(C(=O)C=C)CCN1c1nc(=O)n(-c2c(C)ccnc2C(C)C)c2nc(-c3c(F)cccc3C=C)c(Cl)cc12. The molecule has 1 aromatic carbocycles. The normalized spacial score (nSPS) is 17.5. The van der Waals surface area contributed by atoms with Gasteiger partial charge in [-0.15, -0.1) is 0 Å². The first-order valence-corrected chi connectivity index (χ1v) is 14.0. The highest BCUT2D eigenvalue weighted by atomic mass is 35.5. The van der Waals surface area contributed by atoms with Crippen molar-refractivity contribution in [3.05, 3.63) is 93.9 Å². The number of hydrogen-bond donors (Lipinski definition) is 0. The number of fused-ring (bicyclic) bond motifs is 1. The van der Waals surface area contributed by atoms with E-state index in [1.807, 2.05) is 20.8 Å². The predicted molar refractivity (Wildman–Crippen MR) is 166 cm³/mol. The molecule has 1 aliphatic rings. The fourth-order valence-corrected chi connectivity index (χ4v) is 5.64. The average Bonchev–Trinajstić information content (AvgIpc) is 2.96. The van der Waals surface area contributed by atoms with Gasteiger partial charge in [-0.25, -0.2) is 18.7 Å². The number of benzene rings is 1. The lowest BCUT2D eigenvalue weighted by Gasteiger charge is -2.40. The van der Waals surface area contributed by atoms with Crippen LogP contribution in [0.3, 0.4) is 0 Å². The summed E-state index contributed by atoms with van der Waals surface area (Å²) in [7, 11) is 0. The highest BCUT2D eigenvalue weighted by Gasteiger charge is 2.30. The van der Waals surface area contributed by atoms with E-state index in [4.69, 9.17) is 18.0 Å². The lowest BCUT2D eigenvalue weighted by Crippen LogP contribution is -2.54. The fraction of sp³-hybridized carbons (Fsp3) is 0.281. The van der Waals surface area contributed by atoms with Crippen LogP contribution in [0, 0.1) is 12.7 Å². The third-order valence-electron chi connectivity index (χ3n) is 7.44. The maximum absolute atomic E-state index is 15.3. The highest BCUT2D eigenvalue weighted by molar-refractivity contribution is 6.34. The third-order valence-corrected chi connectivity index (χ3v) is 7.73. The zero-order valence-corrected chi connectivity index (χ0v) is 24.7. The quantitative estimate of drug-likeness (QED) is 0.260. The molecular weight excluding hydrogens is 555 g/mol. The van der Waals surface area contributed by atoms with Crippen molar-refractivity contribution in [1.82, 2.24) is 24.4 Å². The van der Waals surface area contributed by atoms with Gasteiger partial charge in [-0.3, -0.25) is 9.78 Å². The fourth-order valence-electron chi connectivity index (χ4n) is 5.39. The molecule has 8 nitrogen and oxygen atoms in total. The van der Waals surface area contributed by atoms with E-state index >= 15 is 4.39 Å². The molecular formula is C32H32ClFN6O2. The van der Waals surface area contributed by atoms with Crippen LogP contribution in [0.15, 0.2) is 60.6 Å². The van der Waals surface area contributed by atoms with Gasteiger partial charge in [0.1, 0.15) is 11.6 Å². The topological polar surface area (TPSA) is 84.2 Å². The van der Waals surface area contributed by atoms with Crippen molar-refractivity contribution in [1.29, 1.82) is 0 Å². The Bertz CT molecular complexity index is 1850. The highest BCUT2D eigenvalue weighted by Crippen LogP contribution is 2.37. The van der Waals surface area contributed by atoms with Crippen molar-refractivity contribution < 1.29 is 10.6 Å². The first kappa shape index (κ1) is 27.8. The number of aromatic nitrogens is 4. The van der Waals surface area contributed by atoms with Crippen molar-refractivity contribution in [3.63, 3.8) is 0 Å². The number of halogens is 2. The Morgan fingerprint density at radius 3 is 2.67 bits per heavy atom. The van der Waals surface area contributed by atoms with E-state index in [-0.39, 0.29) is 52.7 Å². The van der Waals surface area contributed by atoms with Crippen LogP contribution in [-0.4, -0.2) is 56.0 Å². The number of anilines is 1. The van der Waals surface area contributed by atoms with Crippen molar-refractivity contribution in [2.45, 2.75) is 39.6 Å². The minimum Gasteiger partial charge on any atom is -0.350 e. The van der Waals surface area contributed by atoms with Gasteiger partial charge in [0, 0.05) is 37.4 Å². The largest absolute Gasteiger partial charge is 0.355 e. The van der Waals surface area contributed by atoms with Crippen LogP contribution in [0.4, 0.5) is 10.2 Å². The van der Waals surface area contributed by atoms with E-state index < -0.39 is 17.5 Å². The van der Waals surface area contributed by atoms with Crippen LogP contribution in [-0.2, 0) is 4.79 Å². The Balaban J connectivity index is 1.87. The Morgan fingerprint density at radius 1 is 1.24 bits per heavy atom. The molecule has 1 saturated heterocycles. The van der Waals surface area contributed by atoms with Crippen molar-refractivity contribution in [2.75, 3.05) is 24.5 Å². The number of hydrogen-bond acceptors (Lipinski definition) is 6. The second kappa shape index (κ2) is 11.5. The summed E-state index contributed by atoms with van der Waals surface area (Å²) >= 11 is 6.83. The molecule has 3 aromatic heterocycles. The number of rotatable bonds is 6. The Morgan fingerprint density at radius 2 is 2.00 bits per heavy atom. The summed E-state index contributed by atoms with van der Waals surface area (Å²) in [6.07, 6.45) is 4.42. The van der Waals surface area contributed by atoms with Gasteiger partial charge in [-0.1, -0.05) is 56.8 Å². The number of amides is 1. The Hall–Kier alpha value is -4.37. The predicted octanol–water partition coefficient (Wildman–Crippen LogP) is 5.93. The van der Waals surface area contributed by atoms with Crippen LogP contribution in [0.1, 0.15) is 44.9 Å². The van der Waals surface area contributed by atoms with E-state index in [9.17, 15) is 9.59 Å². The standard InChI is InChI=1S/C32H32ClFN6O2/c1-7-21-10-9-11-24(34)26(21)28-23(33)16-22-30(39-15-14-38(17-20(39)6)25(41)8-2)37-32(42)40(31(22)36-28)29-19(5)12-13-35-27(29)18(3)4/h7-13,16,18,20H,1-2,14-15,17H2,3-6H3/t20-/m0/s1/i20D. The molecule has 0 saturated carbocycles. The maximum Gasteiger partial charge on any atom is 0.355 e. The van der Waals surface area contributed by atoms with E-state index in [0.29, 0.717) is 28.9 Å². The van der Waals surface area contributed by atoms with Crippen LogP contribution in [0.25, 0.3) is 34.1 Å². The van der Waals surface area contributed by atoms with Gasteiger partial charge in [0.2, 0.25) is 5.91 Å². The second-order valence-electron chi connectivity index (χ2n) is 10.5. The maximum atomic E-state index is 15.3. The number of piperazine rings is 1. The number of carbonyl (C=O) groups is 1. The molecule has 0 aliphatic carbocycles. The zero-order valence-electron chi connectivity index (χ0n) is 25.0. The molecule has 216 valence electrons. The summed E-state index contributed by atoms with van der Waals surface area (Å²) in [6.45, 7) is 15.4. The number of carbonyl (C=O) groups excluding carboxylic acids is 1. The minimum atomic E-state index is -1.35. The molecule has 0 bridgehead atoms. The summed E-state index contributed by atoms with van der Waals surface area (Å²) in [4.78, 5) is 43.6. The number of nitrogens with zero attached hydrogens (tertiary/aromatic N) is 6. The third kappa shape index (κ3) is 4.98. The Kier molecular flexibility index (Phi) is 7.60. The molecule has 4 heterocycles. The molecule has 1 atom stereocenters. The van der Waals surface area contributed by atoms with Gasteiger partial charge in [-0.2, -0.15) is 4.98 Å². The lowest BCUT2D eigenvalue weighted by molar-refractivity contribution is -0.126. The summed E-state index contributed by atoms with van der Waals surface area (Å²) in [5.74, 6) is -0.673. The van der Waals surface area contributed by atoms with Gasteiger partial charge in [-0.05, 0) is 55.2 Å². The van der Waals surface area contributed by atoms with Crippen LogP contribution >= 0.6 is 11.6 Å². The number of aryl methyl sites for hydroxylation is 1. The minimum absolute atomic E-state index is 0.0470. The smallest absolute Gasteiger partial charge is 0.350 e. The van der Waals surface area contributed by atoms with Crippen molar-refractivity contribution >= 4 is 40.4 Å². The van der Waals surface area contributed by atoms with Crippen LogP contribution in [0.5, 0.6) is 0 Å². The lowest BCUT2D eigenvalue weighted by atomic mass is 10.0. The molecule has 4 aromatic rings. The van der Waals surface area contributed by atoms with Crippen LogP contribution < -0.4 is 10.6 Å². The molecule has 42 heavy (non-hydrogen) atoms. The monoisotopic (exact) mass is 587 g/mol. The second-order valence-corrected chi connectivity index (χ2v) is 10.9. The number of pyridine rings is 2. The molecule has 1 amide bonds. The molecule has 0 radical (unpaired) electrons. The molecule has 1 fully saturated rings. The Labute approximate surface area is 250 Å². The first-order valence-electron chi connectivity index (χ1n) is 14.1. The van der Waals surface area contributed by atoms with Gasteiger partial charge in [0.25, 0.3) is 0 Å². The molecule has 0 unspecified atom stereocenters. The zero-order chi connectivity index (χ0) is 31.2. The summed E-state index contributed by atoms with van der Waals surface area (Å²) in [5.41, 5.74) is 2.28. The molecule has 5 rings (SSSR count). The van der Waals surface area contributed by atoms with Gasteiger partial charge in [0.15, 0.2) is 5.65 Å². The summed E-state index contributed by atoms with van der Waals surface area (Å²) in [5, 5.41) is 0.526. The first-order chi connectivity index (χ1) is 20.4. The van der Waals surface area contributed by atoms with Gasteiger partial charge >= 0.3 is 5.69 Å². The summed E-state index contributed by atoms with van der Waals surface area (Å²) in [6, 6.07) is 6.64. The van der Waals surface area contributed by atoms with Gasteiger partial charge < -0.3 is 9.80 Å². The van der Waals surface area contributed by atoms with Crippen LogP contribution in [0.2, 0.25) is 5.02 Å². The van der Waals surface area contributed by atoms with Gasteiger partial charge in [0.05, 0.1) is 28.9 Å². The van der Waals surface area contributed by atoms with E-state index in [1.165, 1.54) is 27.7 Å². The van der Waals surface area contributed by atoms with Crippen molar-refractivity contribution in [2.24, 2.45) is 0 Å². The molecule has 1 aliphatic heterocycles. The van der Waals surface area contributed by atoms with Crippen molar-refractivity contribution in [3.8, 4) is 16.9 Å². The molecule has 0 spiro atoms. The van der Waals surface area contributed by atoms with E-state index in [0.717, 1.165) is 5.56 Å². The molecule has 10 heteroatoms. The van der Waals surface area contributed by atoms with E-state index in [2.05, 4.69) is 23.1 Å². The average molecular weight is 588 g/mol. The van der Waals surface area contributed by atoms with E-state index in [1.54, 1.807) is 42.3 Å². The molecule has 0 N–H and O–H groups in total. The summed E-state index contributed by atoms with van der Waals surface area (Å²) < 4.78 is 25.9.